The van der Waals surface area contributed by atoms with Gasteiger partial charge in [0.1, 0.15) is 6.33 Å². The molecule has 2 aromatic heterocycles. The zero-order valence-corrected chi connectivity index (χ0v) is 8.71. The Balaban J connectivity index is 2.37. The third-order valence-electron chi connectivity index (χ3n) is 2.33. The number of nitrogens with zero attached hydrogens (tertiary/aromatic N) is 4. The molecule has 5 heteroatoms. The summed E-state index contributed by atoms with van der Waals surface area (Å²) in [5.74, 6) is 0.766. The number of rotatable bonds is 2. The van der Waals surface area contributed by atoms with Gasteiger partial charge in [0.05, 0.1) is 6.54 Å². The molecule has 15 heavy (non-hydrogen) atoms. The number of hydrogen-bond donors (Lipinski definition) is 0. The average molecular weight is 204 g/mol. The van der Waals surface area contributed by atoms with E-state index in [-0.39, 0.29) is 5.56 Å². The second-order valence-electron chi connectivity index (χ2n) is 3.48. The Morgan fingerprint density at radius 2 is 2.27 bits per heavy atom. The van der Waals surface area contributed by atoms with Gasteiger partial charge in [-0.05, 0) is 13.0 Å². The van der Waals surface area contributed by atoms with Gasteiger partial charge in [-0.1, -0.05) is 6.07 Å². The fraction of sp³-hybridized carbons (Fsp3) is 0.300. The van der Waals surface area contributed by atoms with Gasteiger partial charge >= 0.3 is 0 Å². The van der Waals surface area contributed by atoms with Gasteiger partial charge in [0.15, 0.2) is 5.82 Å². The van der Waals surface area contributed by atoms with Crippen molar-refractivity contribution >= 4 is 0 Å². The maximum atomic E-state index is 11.7. The molecular weight excluding hydrogens is 192 g/mol. The maximum absolute atomic E-state index is 11.7. The van der Waals surface area contributed by atoms with E-state index in [1.54, 1.807) is 34.6 Å². The predicted octanol–water partition coefficient (Wildman–Crippen LogP) is 0.334. The zero-order chi connectivity index (χ0) is 10.8. The summed E-state index contributed by atoms with van der Waals surface area (Å²) in [6.45, 7) is 2.26. The molecule has 0 aliphatic carbocycles. The molecule has 0 aromatic carbocycles. The molecule has 0 bridgehead atoms. The summed E-state index contributed by atoms with van der Waals surface area (Å²) in [5, 5.41) is 7.70. The molecule has 0 aliphatic heterocycles. The lowest BCUT2D eigenvalue weighted by Crippen LogP contribution is -2.22. The number of hydrogen-bond acceptors (Lipinski definition) is 3. The van der Waals surface area contributed by atoms with Crippen LogP contribution in [0.15, 0.2) is 29.5 Å². The van der Waals surface area contributed by atoms with Crippen molar-refractivity contribution in [2.45, 2.75) is 13.5 Å². The van der Waals surface area contributed by atoms with Gasteiger partial charge in [-0.25, -0.2) is 0 Å². The molecule has 0 saturated heterocycles. The molecule has 0 amide bonds. The van der Waals surface area contributed by atoms with Gasteiger partial charge in [-0.3, -0.25) is 4.79 Å². The summed E-state index contributed by atoms with van der Waals surface area (Å²) >= 11 is 0. The van der Waals surface area contributed by atoms with Crippen molar-refractivity contribution in [1.29, 1.82) is 0 Å². The maximum Gasteiger partial charge on any atom is 0.253 e. The molecule has 0 radical (unpaired) electrons. The fourth-order valence-electron chi connectivity index (χ4n) is 1.38. The molecule has 0 N–H and O–H groups in total. The Kier molecular flexibility index (Phi) is 2.37. The Hall–Kier alpha value is -1.91. The molecule has 5 nitrogen and oxygen atoms in total. The molecule has 78 valence electrons. The van der Waals surface area contributed by atoms with E-state index >= 15 is 0 Å². The summed E-state index contributed by atoms with van der Waals surface area (Å²) in [7, 11) is 1.86. The molecule has 0 saturated carbocycles. The minimum Gasteiger partial charge on any atom is -0.319 e. The molecule has 0 unspecified atom stereocenters. The Bertz CT molecular complexity index is 526. The van der Waals surface area contributed by atoms with Crippen LogP contribution < -0.4 is 5.56 Å². The van der Waals surface area contributed by atoms with Crippen LogP contribution >= 0.6 is 0 Å². The van der Waals surface area contributed by atoms with Gasteiger partial charge < -0.3 is 9.13 Å². The van der Waals surface area contributed by atoms with Crippen molar-refractivity contribution in [3.8, 4) is 0 Å². The lowest BCUT2D eigenvalue weighted by atomic mass is 10.3. The van der Waals surface area contributed by atoms with E-state index in [1.165, 1.54) is 0 Å². The van der Waals surface area contributed by atoms with Crippen LogP contribution in [-0.2, 0) is 13.6 Å². The average Bonchev–Trinajstić information content (AvgIpc) is 2.60. The van der Waals surface area contributed by atoms with E-state index in [1.807, 2.05) is 13.1 Å². The van der Waals surface area contributed by atoms with Crippen LogP contribution in [-0.4, -0.2) is 19.3 Å². The van der Waals surface area contributed by atoms with E-state index in [2.05, 4.69) is 10.2 Å². The number of aromatic nitrogens is 4. The van der Waals surface area contributed by atoms with E-state index in [9.17, 15) is 4.79 Å². The molecular formula is C10H12N4O. The van der Waals surface area contributed by atoms with Crippen molar-refractivity contribution in [3.63, 3.8) is 0 Å². The molecule has 0 aliphatic rings. The van der Waals surface area contributed by atoms with E-state index in [0.29, 0.717) is 6.54 Å². The minimum absolute atomic E-state index is 0.0144. The van der Waals surface area contributed by atoms with Crippen molar-refractivity contribution in [1.82, 2.24) is 19.3 Å². The quantitative estimate of drug-likeness (QED) is 0.708. The highest BCUT2D eigenvalue weighted by molar-refractivity contribution is 5.08. The molecule has 0 fully saturated rings. The first-order valence-electron chi connectivity index (χ1n) is 4.67. The Morgan fingerprint density at radius 1 is 1.47 bits per heavy atom. The van der Waals surface area contributed by atoms with E-state index < -0.39 is 0 Å². The van der Waals surface area contributed by atoms with Crippen molar-refractivity contribution in [3.05, 3.63) is 46.4 Å². The first-order chi connectivity index (χ1) is 7.18. The SMILES string of the molecule is Cc1cccn(Cc2nncn2C)c1=O. The monoisotopic (exact) mass is 204 g/mol. The topological polar surface area (TPSA) is 52.7 Å². The first kappa shape index (κ1) is 9.64. The third-order valence-corrected chi connectivity index (χ3v) is 2.33. The highest BCUT2D eigenvalue weighted by Crippen LogP contribution is 1.96. The summed E-state index contributed by atoms with van der Waals surface area (Å²) < 4.78 is 3.42. The van der Waals surface area contributed by atoms with Crippen LogP contribution in [0.25, 0.3) is 0 Å². The largest absolute Gasteiger partial charge is 0.319 e. The van der Waals surface area contributed by atoms with Crippen LogP contribution in [0.3, 0.4) is 0 Å². The van der Waals surface area contributed by atoms with Crippen molar-refractivity contribution in [2.75, 3.05) is 0 Å². The predicted molar refractivity (Wildman–Crippen MR) is 55.5 cm³/mol. The standard InChI is InChI=1S/C10H12N4O/c1-8-4-3-5-14(10(8)15)6-9-12-11-7-13(9)2/h3-5,7H,6H2,1-2H3. The first-order valence-corrected chi connectivity index (χ1v) is 4.67. The molecule has 0 spiro atoms. The normalized spacial score (nSPS) is 10.5. The van der Waals surface area contributed by atoms with Crippen molar-refractivity contribution in [2.24, 2.45) is 7.05 Å². The van der Waals surface area contributed by atoms with Gasteiger partial charge in [-0.15, -0.1) is 10.2 Å². The minimum atomic E-state index is 0.0144. The summed E-state index contributed by atoms with van der Waals surface area (Å²) in [5.41, 5.74) is 0.750. The lowest BCUT2D eigenvalue weighted by Gasteiger charge is -2.05. The highest BCUT2D eigenvalue weighted by Gasteiger charge is 2.03. The third kappa shape index (κ3) is 1.81. The van der Waals surface area contributed by atoms with Gasteiger partial charge in [-0.2, -0.15) is 0 Å². The Morgan fingerprint density at radius 3 is 2.93 bits per heavy atom. The fourth-order valence-corrected chi connectivity index (χ4v) is 1.38. The zero-order valence-electron chi connectivity index (χ0n) is 8.71. The van der Waals surface area contributed by atoms with Gasteiger partial charge in [0, 0.05) is 18.8 Å². The molecule has 2 aromatic rings. The van der Waals surface area contributed by atoms with Crippen LogP contribution in [0.4, 0.5) is 0 Å². The summed E-state index contributed by atoms with van der Waals surface area (Å²) in [4.78, 5) is 11.7. The van der Waals surface area contributed by atoms with Crippen LogP contribution in [0.1, 0.15) is 11.4 Å². The molecule has 2 heterocycles. The smallest absolute Gasteiger partial charge is 0.253 e. The molecule has 0 atom stereocenters. The van der Waals surface area contributed by atoms with Gasteiger partial charge in [0.25, 0.3) is 5.56 Å². The van der Waals surface area contributed by atoms with E-state index in [0.717, 1.165) is 11.4 Å². The summed E-state index contributed by atoms with van der Waals surface area (Å²) in [6, 6.07) is 3.66. The number of aryl methyl sites for hydroxylation is 2. The van der Waals surface area contributed by atoms with E-state index in [4.69, 9.17) is 0 Å². The Labute approximate surface area is 87.0 Å². The van der Waals surface area contributed by atoms with Crippen molar-refractivity contribution < 1.29 is 0 Å². The second kappa shape index (κ2) is 3.68. The van der Waals surface area contributed by atoms with Crippen LogP contribution in [0.2, 0.25) is 0 Å². The lowest BCUT2D eigenvalue weighted by molar-refractivity contribution is 0.673. The van der Waals surface area contributed by atoms with Crippen LogP contribution in [0, 0.1) is 6.92 Å². The second-order valence-corrected chi connectivity index (χ2v) is 3.48. The molecule has 2 rings (SSSR count). The summed E-state index contributed by atoms with van der Waals surface area (Å²) in [6.07, 6.45) is 3.38. The highest BCUT2D eigenvalue weighted by atomic mass is 16.1. The number of pyridine rings is 1. The van der Waals surface area contributed by atoms with Crippen LogP contribution in [0.5, 0.6) is 0 Å². The van der Waals surface area contributed by atoms with Gasteiger partial charge in [0.2, 0.25) is 0 Å².